The molecular formula is C24H21F4N3O2. The highest BCUT2D eigenvalue weighted by Gasteiger charge is 2.37. The zero-order valence-corrected chi connectivity index (χ0v) is 17.7. The number of benzene rings is 1. The topological polar surface area (TPSA) is 64.1 Å². The number of alkyl halides is 2. The first-order valence-corrected chi connectivity index (χ1v) is 10.4. The molecule has 4 rings (SSSR count). The van der Waals surface area contributed by atoms with Gasteiger partial charge in [0.05, 0.1) is 24.1 Å². The minimum absolute atomic E-state index is 0.0854. The summed E-state index contributed by atoms with van der Waals surface area (Å²) in [6.07, 6.45) is 2.35. The van der Waals surface area contributed by atoms with Gasteiger partial charge in [0.25, 0.3) is 5.91 Å². The van der Waals surface area contributed by atoms with Gasteiger partial charge in [-0.15, -0.1) is 0 Å². The number of carbonyl (C=O) groups excluding carboxylic acids is 1. The average molecular weight is 459 g/mol. The van der Waals surface area contributed by atoms with E-state index in [0.29, 0.717) is 11.3 Å². The molecule has 0 radical (unpaired) electrons. The summed E-state index contributed by atoms with van der Waals surface area (Å²) in [7, 11) is 1.25. The third-order valence-corrected chi connectivity index (χ3v) is 5.75. The summed E-state index contributed by atoms with van der Waals surface area (Å²) in [5, 5.41) is 2.70. The molecule has 1 saturated carbocycles. The van der Waals surface area contributed by atoms with Crippen LogP contribution in [0, 0.1) is 11.6 Å². The number of rotatable bonds is 5. The molecule has 3 aromatic rings. The lowest BCUT2D eigenvalue weighted by Gasteiger charge is -2.29. The summed E-state index contributed by atoms with van der Waals surface area (Å²) in [6.45, 7) is 0. The SMILES string of the molecule is COc1ncc(C(=O)Nc2c(-c3ccccc3F)ccnc2C2CCC(F)(F)CC2)cc1F. The number of hydrogen-bond donors (Lipinski definition) is 1. The molecule has 0 spiro atoms. The molecule has 1 fully saturated rings. The Bertz CT molecular complexity index is 1180. The minimum Gasteiger partial charge on any atom is -0.479 e. The number of pyridine rings is 2. The van der Waals surface area contributed by atoms with Crippen LogP contribution in [0.4, 0.5) is 23.2 Å². The second-order valence-corrected chi connectivity index (χ2v) is 7.90. The molecule has 2 heterocycles. The van der Waals surface area contributed by atoms with E-state index < -0.39 is 23.5 Å². The Kier molecular flexibility index (Phi) is 6.31. The Morgan fingerprint density at radius 1 is 1.06 bits per heavy atom. The van der Waals surface area contributed by atoms with Gasteiger partial charge >= 0.3 is 0 Å². The zero-order chi connectivity index (χ0) is 23.6. The summed E-state index contributed by atoms with van der Waals surface area (Å²) >= 11 is 0. The van der Waals surface area contributed by atoms with Crippen LogP contribution in [0.25, 0.3) is 11.1 Å². The first-order chi connectivity index (χ1) is 15.8. The minimum atomic E-state index is -2.74. The maximum Gasteiger partial charge on any atom is 0.257 e. The number of methoxy groups -OCH3 is 1. The molecule has 1 amide bonds. The number of ether oxygens (including phenoxy) is 1. The highest BCUT2D eigenvalue weighted by Crippen LogP contribution is 2.44. The van der Waals surface area contributed by atoms with Crippen molar-refractivity contribution in [3.63, 3.8) is 0 Å². The quantitative estimate of drug-likeness (QED) is 0.477. The van der Waals surface area contributed by atoms with Crippen molar-refractivity contribution in [1.29, 1.82) is 0 Å². The molecule has 33 heavy (non-hydrogen) atoms. The molecule has 0 saturated heterocycles. The summed E-state index contributed by atoms with van der Waals surface area (Å²) in [5.41, 5.74) is 1.08. The number of halogens is 4. The molecule has 1 aromatic carbocycles. The average Bonchev–Trinajstić information content (AvgIpc) is 2.80. The van der Waals surface area contributed by atoms with Gasteiger partial charge in [0.2, 0.25) is 11.8 Å². The Hall–Kier alpha value is -3.49. The number of aromatic nitrogens is 2. The van der Waals surface area contributed by atoms with Crippen LogP contribution in [0.1, 0.15) is 47.7 Å². The molecule has 1 N–H and O–H groups in total. The van der Waals surface area contributed by atoms with E-state index in [1.807, 2.05) is 0 Å². The van der Waals surface area contributed by atoms with Crippen LogP contribution in [0.15, 0.2) is 48.8 Å². The second-order valence-electron chi connectivity index (χ2n) is 7.90. The molecular weight excluding hydrogens is 438 g/mol. The van der Waals surface area contributed by atoms with Gasteiger partial charge in [-0.25, -0.2) is 22.5 Å². The number of hydrogen-bond acceptors (Lipinski definition) is 4. The molecule has 0 atom stereocenters. The third kappa shape index (κ3) is 4.81. The fourth-order valence-corrected chi connectivity index (χ4v) is 4.02. The number of amides is 1. The fourth-order valence-electron chi connectivity index (χ4n) is 4.02. The van der Waals surface area contributed by atoms with Crippen LogP contribution >= 0.6 is 0 Å². The highest BCUT2D eigenvalue weighted by atomic mass is 19.3. The standard InChI is InChI=1S/C24H21F4N3O2/c1-33-23-19(26)12-15(13-30-23)22(32)31-21-17(16-4-2-3-5-18(16)25)8-11-29-20(21)14-6-9-24(27,28)10-7-14/h2-5,8,11-14H,6-7,9-10H2,1H3,(H,31,32). The van der Waals surface area contributed by atoms with Crippen LogP contribution in [-0.2, 0) is 0 Å². The number of carbonyl (C=O) groups is 1. The van der Waals surface area contributed by atoms with Gasteiger partial charge in [-0.2, -0.15) is 0 Å². The lowest BCUT2D eigenvalue weighted by atomic mass is 9.83. The van der Waals surface area contributed by atoms with Gasteiger partial charge in [-0.05, 0) is 31.0 Å². The first kappa shape index (κ1) is 22.7. The van der Waals surface area contributed by atoms with E-state index in [2.05, 4.69) is 15.3 Å². The van der Waals surface area contributed by atoms with Gasteiger partial charge in [0.15, 0.2) is 5.82 Å². The van der Waals surface area contributed by atoms with Gasteiger partial charge < -0.3 is 10.1 Å². The smallest absolute Gasteiger partial charge is 0.257 e. The lowest BCUT2D eigenvalue weighted by molar-refractivity contribution is -0.0384. The molecule has 172 valence electrons. The Balaban J connectivity index is 1.76. The molecule has 0 bridgehead atoms. The number of nitrogens with zero attached hydrogens (tertiary/aromatic N) is 2. The molecule has 2 aromatic heterocycles. The predicted molar refractivity (Wildman–Crippen MR) is 114 cm³/mol. The lowest BCUT2D eigenvalue weighted by Crippen LogP contribution is -2.25. The zero-order valence-electron chi connectivity index (χ0n) is 17.7. The van der Waals surface area contributed by atoms with Crippen molar-refractivity contribution < 1.29 is 27.1 Å². The van der Waals surface area contributed by atoms with Crippen LogP contribution in [0.2, 0.25) is 0 Å². The molecule has 1 aliphatic carbocycles. The molecule has 9 heteroatoms. The Labute approximate surface area is 187 Å². The maximum atomic E-state index is 14.6. The van der Waals surface area contributed by atoms with E-state index in [4.69, 9.17) is 4.74 Å². The van der Waals surface area contributed by atoms with Crippen molar-refractivity contribution in [1.82, 2.24) is 9.97 Å². The van der Waals surface area contributed by atoms with Crippen molar-refractivity contribution in [2.45, 2.75) is 37.5 Å². The number of anilines is 1. The van der Waals surface area contributed by atoms with Gasteiger partial charge in [-0.1, -0.05) is 18.2 Å². The van der Waals surface area contributed by atoms with E-state index in [9.17, 15) is 22.4 Å². The normalized spacial score (nSPS) is 15.8. The van der Waals surface area contributed by atoms with E-state index in [1.54, 1.807) is 18.2 Å². The van der Waals surface area contributed by atoms with Crippen LogP contribution < -0.4 is 10.1 Å². The maximum absolute atomic E-state index is 14.6. The molecule has 5 nitrogen and oxygen atoms in total. The summed E-state index contributed by atoms with van der Waals surface area (Å²) < 4.78 is 60.9. The predicted octanol–water partition coefficient (Wildman–Crippen LogP) is 5.98. The van der Waals surface area contributed by atoms with Crippen LogP contribution in [-0.4, -0.2) is 28.9 Å². The largest absolute Gasteiger partial charge is 0.479 e. The Morgan fingerprint density at radius 2 is 1.79 bits per heavy atom. The highest BCUT2D eigenvalue weighted by molar-refractivity contribution is 6.06. The van der Waals surface area contributed by atoms with Crippen LogP contribution in [0.5, 0.6) is 5.88 Å². The van der Waals surface area contributed by atoms with E-state index in [1.165, 1.54) is 25.4 Å². The van der Waals surface area contributed by atoms with Crippen molar-refractivity contribution in [3.8, 4) is 17.0 Å². The van der Waals surface area contributed by atoms with Gasteiger partial charge in [0, 0.05) is 42.3 Å². The van der Waals surface area contributed by atoms with Crippen molar-refractivity contribution in [2.75, 3.05) is 12.4 Å². The summed E-state index contributed by atoms with van der Waals surface area (Å²) in [6, 6.07) is 8.53. The monoisotopic (exact) mass is 459 g/mol. The Morgan fingerprint density at radius 3 is 2.45 bits per heavy atom. The second kappa shape index (κ2) is 9.17. The van der Waals surface area contributed by atoms with E-state index >= 15 is 0 Å². The number of nitrogens with one attached hydrogen (secondary N) is 1. The van der Waals surface area contributed by atoms with Crippen molar-refractivity contribution >= 4 is 11.6 Å². The van der Waals surface area contributed by atoms with Crippen molar-refractivity contribution in [3.05, 3.63) is 71.7 Å². The first-order valence-electron chi connectivity index (χ1n) is 10.4. The van der Waals surface area contributed by atoms with E-state index in [-0.39, 0.29) is 54.3 Å². The van der Waals surface area contributed by atoms with Crippen LogP contribution in [0.3, 0.4) is 0 Å². The van der Waals surface area contributed by atoms with Crippen molar-refractivity contribution in [2.24, 2.45) is 0 Å². The third-order valence-electron chi connectivity index (χ3n) is 5.75. The van der Waals surface area contributed by atoms with E-state index in [0.717, 1.165) is 12.3 Å². The van der Waals surface area contributed by atoms with Gasteiger partial charge in [-0.3, -0.25) is 9.78 Å². The van der Waals surface area contributed by atoms with Gasteiger partial charge in [0.1, 0.15) is 5.82 Å². The fraction of sp³-hybridized carbons (Fsp3) is 0.292. The summed E-state index contributed by atoms with van der Waals surface area (Å²) in [4.78, 5) is 21.1. The molecule has 0 unspecified atom stereocenters. The molecule has 1 aliphatic rings. The summed E-state index contributed by atoms with van der Waals surface area (Å²) in [5.74, 6) is -5.38. The molecule has 0 aliphatic heterocycles.